The summed E-state index contributed by atoms with van der Waals surface area (Å²) in [7, 11) is 4.78. The van der Waals surface area contributed by atoms with E-state index in [1.807, 2.05) is 53.1 Å². The Bertz CT molecular complexity index is 978. The predicted molar refractivity (Wildman–Crippen MR) is 114 cm³/mol. The smallest absolute Gasteiger partial charge is 0.230 e. The molecule has 0 aliphatic heterocycles. The van der Waals surface area contributed by atoms with E-state index < -0.39 is 0 Å². The molecule has 1 heterocycles. The van der Waals surface area contributed by atoms with Crippen LogP contribution in [0.1, 0.15) is 11.4 Å². The van der Waals surface area contributed by atoms with Crippen LogP contribution in [0.15, 0.2) is 53.7 Å². The van der Waals surface area contributed by atoms with Gasteiger partial charge in [-0.3, -0.25) is 9.36 Å². The molecule has 2 aromatic carbocycles. The molecule has 0 fully saturated rings. The molecule has 1 aromatic heterocycles. The number of benzene rings is 2. The Morgan fingerprint density at radius 1 is 1.03 bits per heavy atom. The molecule has 1 N–H and O–H groups in total. The molecule has 0 aliphatic carbocycles. The van der Waals surface area contributed by atoms with Crippen LogP contribution < -0.4 is 14.8 Å². The summed E-state index contributed by atoms with van der Waals surface area (Å²) < 4.78 is 17.6. The van der Waals surface area contributed by atoms with Crippen molar-refractivity contribution < 1.29 is 19.0 Å². The number of hydrogen-bond donors (Lipinski definition) is 1. The Morgan fingerprint density at radius 2 is 1.80 bits per heavy atom. The van der Waals surface area contributed by atoms with Crippen LogP contribution >= 0.6 is 11.8 Å². The van der Waals surface area contributed by atoms with E-state index in [4.69, 9.17) is 14.2 Å². The normalized spacial score (nSPS) is 10.6. The Balaban J connectivity index is 1.62. The Morgan fingerprint density at radius 3 is 2.50 bits per heavy atom. The standard InChI is InChI=1S/C21H24N4O4S/c1-27-13-19-23-24-21(25(19)16-7-5-4-6-8-16)30-14-20(26)22-12-15-9-10-17(28-2)18(11-15)29-3/h4-11H,12-14H2,1-3H3,(H,22,26). The van der Waals surface area contributed by atoms with Crippen molar-refractivity contribution in [3.63, 3.8) is 0 Å². The van der Waals surface area contributed by atoms with Gasteiger partial charge in [0.15, 0.2) is 22.5 Å². The topological polar surface area (TPSA) is 87.5 Å². The van der Waals surface area contributed by atoms with Gasteiger partial charge in [-0.15, -0.1) is 10.2 Å². The Labute approximate surface area is 179 Å². The number of carbonyl (C=O) groups is 1. The van der Waals surface area contributed by atoms with E-state index in [0.29, 0.717) is 35.6 Å². The first kappa shape index (κ1) is 21.7. The lowest BCUT2D eigenvalue weighted by Crippen LogP contribution is -2.24. The molecule has 0 aliphatic rings. The highest BCUT2D eigenvalue weighted by Crippen LogP contribution is 2.27. The number of methoxy groups -OCH3 is 3. The number of carbonyl (C=O) groups excluding carboxylic acids is 1. The van der Waals surface area contributed by atoms with E-state index in [0.717, 1.165) is 11.3 Å². The van der Waals surface area contributed by atoms with Gasteiger partial charge in [-0.1, -0.05) is 36.0 Å². The molecule has 1 amide bonds. The summed E-state index contributed by atoms with van der Waals surface area (Å²) in [6.07, 6.45) is 0. The van der Waals surface area contributed by atoms with Gasteiger partial charge in [-0.2, -0.15) is 0 Å². The average Bonchev–Trinajstić information content (AvgIpc) is 3.19. The zero-order valence-electron chi connectivity index (χ0n) is 17.1. The van der Waals surface area contributed by atoms with Crippen LogP contribution in [0, 0.1) is 0 Å². The number of nitrogens with one attached hydrogen (secondary N) is 1. The second kappa shape index (κ2) is 10.7. The van der Waals surface area contributed by atoms with E-state index >= 15 is 0 Å². The fraction of sp³-hybridized carbons (Fsp3) is 0.286. The molecule has 0 saturated heterocycles. The third-order valence-electron chi connectivity index (χ3n) is 4.26. The van der Waals surface area contributed by atoms with E-state index in [-0.39, 0.29) is 11.7 Å². The van der Waals surface area contributed by atoms with Gasteiger partial charge in [0.05, 0.1) is 20.0 Å². The van der Waals surface area contributed by atoms with Crippen molar-refractivity contribution in [3.05, 3.63) is 59.9 Å². The number of thioether (sulfide) groups is 1. The highest BCUT2D eigenvalue weighted by Gasteiger charge is 2.15. The second-order valence-corrected chi connectivity index (χ2v) is 7.20. The van der Waals surface area contributed by atoms with Crippen LogP contribution in [-0.4, -0.2) is 47.8 Å². The minimum absolute atomic E-state index is 0.106. The number of rotatable bonds is 10. The van der Waals surface area contributed by atoms with E-state index in [2.05, 4.69) is 15.5 Å². The number of nitrogens with zero attached hydrogens (tertiary/aromatic N) is 3. The molecule has 9 heteroatoms. The fourth-order valence-corrected chi connectivity index (χ4v) is 3.63. The molecule has 30 heavy (non-hydrogen) atoms. The monoisotopic (exact) mass is 428 g/mol. The SMILES string of the molecule is COCc1nnc(SCC(=O)NCc2ccc(OC)c(OC)c2)n1-c1ccccc1. The summed E-state index contributed by atoms with van der Waals surface area (Å²) in [4.78, 5) is 12.4. The van der Waals surface area contributed by atoms with Crippen molar-refractivity contribution in [2.75, 3.05) is 27.1 Å². The average molecular weight is 429 g/mol. The van der Waals surface area contributed by atoms with Crippen molar-refractivity contribution in [1.82, 2.24) is 20.1 Å². The van der Waals surface area contributed by atoms with E-state index in [1.54, 1.807) is 21.3 Å². The fourth-order valence-electron chi connectivity index (χ4n) is 2.83. The number of hydrogen-bond acceptors (Lipinski definition) is 7. The predicted octanol–water partition coefficient (Wildman–Crippen LogP) is 2.84. The van der Waals surface area contributed by atoms with Gasteiger partial charge in [0.25, 0.3) is 0 Å². The number of aromatic nitrogens is 3. The summed E-state index contributed by atoms with van der Waals surface area (Å²) in [6.45, 7) is 0.716. The van der Waals surface area contributed by atoms with Gasteiger partial charge in [-0.25, -0.2) is 0 Å². The molecule has 0 bridgehead atoms. The maximum Gasteiger partial charge on any atom is 0.230 e. The van der Waals surface area contributed by atoms with Crippen molar-refractivity contribution in [2.24, 2.45) is 0 Å². The minimum atomic E-state index is -0.106. The number of para-hydroxylation sites is 1. The second-order valence-electron chi connectivity index (χ2n) is 6.26. The Kier molecular flexibility index (Phi) is 7.69. The quantitative estimate of drug-likeness (QED) is 0.497. The molecule has 158 valence electrons. The molecular weight excluding hydrogens is 404 g/mol. The molecule has 0 spiro atoms. The van der Waals surface area contributed by atoms with Gasteiger partial charge in [0.2, 0.25) is 5.91 Å². The molecule has 3 aromatic rings. The lowest BCUT2D eigenvalue weighted by Gasteiger charge is -2.11. The van der Waals surface area contributed by atoms with Gasteiger partial charge in [-0.05, 0) is 29.8 Å². The van der Waals surface area contributed by atoms with Crippen LogP contribution in [0.5, 0.6) is 11.5 Å². The lowest BCUT2D eigenvalue weighted by atomic mass is 10.2. The largest absolute Gasteiger partial charge is 0.493 e. The first-order valence-electron chi connectivity index (χ1n) is 9.25. The lowest BCUT2D eigenvalue weighted by molar-refractivity contribution is -0.118. The van der Waals surface area contributed by atoms with Crippen molar-refractivity contribution in [3.8, 4) is 17.2 Å². The van der Waals surface area contributed by atoms with Crippen LogP contribution in [0.4, 0.5) is 0 Å². The first-order valence-corrected chi connectivity index (χ1v) is 10.2. The van der Waals surface area contributed by atoms with Gasteiger partial charge in [0, 0.05) is 19.3 Å². The van der Waals surface area contributed by atoms with Crippen LogP contribution in [-0.2, 0) is 22.7 Å². The number of amides is 1. The van der Waals surface area contributed by atoms with Crippen LogP contribution in [0.3, 0.4) is 0 Å². The molecular formula is C21H24N4O4S. The minimum Gasteiger partial charge on any atom is -0.493 e. The number of ether oxygens (including phenoxy) is 3. The first-order chi connectivity index (χ1) is 14.7. The molecule has 0 saturated carbocycles. The third-order valence-corrected chi connectivity index (χ3v) is 5.19. The van der Waals surface area contributed by atoms with Crippen molar-refractivity contribution in [2.45, 2.75) is 18.3 Å². The summed E-state index contributed by atoms with van der Waals surface area (Å²) in [5.41, 5.74) is 1.84. The van der Waals surface area contributed by atoms with Crippen LogP contribution in [0.25, 0.3) is 5.69 Å². The summed E-state index contributed by atoms with van der Waals surface area (Å²) in [5, 5.41) is 12.0. The van der Waals surface area contributed by atoms with Crippen molar-refractivity contribution in [1.29, 1.82) is 0 Å². The highest BCUT2D eigenvalue weighted by molar-refractivity contribution is 7.99. The van der Waals surface area contributed by atoms with Crippen LogP contribution in [0.2, 0.25) is 0 Å². The zero-order chi connectivity index (χ0) is 21.3. The van der Waals surface area contributed by atoms with Gasteiger partial charge < -0.3 is 19.5 Å². The zero-order valence-corrected chi connectivity index (χ0v) is 17.9. The summed E-state index contributed by atoms with van der Waals surface area (Å²) in [6, 6.07) is 15.3. The van der Waals surface area contributed by atoms with Gasteiger partial charge in [0.1, 0.15) is 6.61 Å². The Hall–Kier alpha value is -3.04. The van der Waals surface area contributed by atoms with Crippen molar-refractivity contribution >= 4 is 17.7 Å². The molecule has 0 radical (unpaired) electrons. The maximum absolute atomic E-state index is 12.4. The molecule has 3 rings (SSSR count). The molecule has 0 unspecified atom stereocenters. The highest BCUT2D eigenvalue weighted by atomic mass is 32.2. The third kappa shape index (κ3) is 5.31. The molecule has 8 nitrogen and oxygen atoms in total. The molecule has 0 atom stereocenters. The van der Waals surface area contributed by atoms with Gasteiger partial charge >= 0.3 is 0 Å². The maximum atomic E-state index is 12.4. The van der Waals surface area contributed by atoms with E-state index in [9.17, 15) is 4.79 Å². The van der Waals surface area contributed by atoms with E-state index in [1.165, 1.54) is 11.8 Å². The summed E-state index contributed by atoms with van der Waals surface area (Å²) in [5.74, 6) is 2.06. The summed E-state index contributed by atoms with van der Waals surface area (Å²) >= 11 is 1.32.